The Hall–Kier alpha value is -3.88. The van der Waals surface area contributed by atoms with E-state index in [1.54, 1.807) is 43.3 Å². The number of amidine groups is 1. The van der Waals surface area contributed by atoms with E-state index in [-0.39, 0.29) is 23.7 Å². The van der Waals surface area contributed by atoms with Crippen LogP contribution in [0.3, 0.4) is 0 Å². The molecule has 32 heavy (non-hydrogen) atoms. The van der Waals surface area contributed by atoms with Crippen LogP contribution in [-0.2, 0) is 11.3 Å². The zero-order valence-corrected chi connectivity index (χ0v) is 16.9. The van der Waals surface area contributed by atoms with Crippen LogP contribution in [0.4, 0.5) is 13.2 Å². The number of alkyl halides is 3. The second kappa shape index (κ2) is 7.99. The Morgan fingerprint density at radius 3 is 2.47 bits per heavy atom. The van der Waals surface area contributed by atoms with Crippen molar-refractivity contribution in [3.05, 3.63) is 95.4 Å². The van der Waals surface area contributed by atoms with Crippen molar-refractivity contribution in [1.29, 1.82) is 0 Å². The third-order valence-electron chi connectivity index (χ3n) is 4.99. The van der Waals surface area contributed by atoms with Crippen LogP contribution in [0, 0.1) is 6.92 Å². The Labute approximate surface area is 181 Å². The number of furan rings is 1. The highest BCUT2D eigenvalue weighted by Gasteiger charge is 2.67. The number of carbonyl (C=O) groups excluding carboxylic acids is 2. The minimum Gasteiger partial charge on any atom is -0.467 e. The molecule has 164 valence electrons. The summed E-state index contributed by atoms with van der Waals surface area (Å²) in [4.78, 5) is 30.7. The molecule has 1 N–H and O–H groups in total. The molecule has 3 aromatic rings. The van der Waals surface area contributed by atoms with Gasteiger partial charge in [-0.05, 0) is 31.2 Å². The highest BCUT2D eigenvalue weighted by atomic mass is 19.4. The van der Waals surface area contributed by atoms with Crippen LogP contribution in [-0.4, -0.2) is 34.4 Å². The molecule has 2 heterocycles. The minimum absolute atomic E-state index is 0.0117. The highest BCUT2D eigenvalue weighted by molar-refractivity contribution is 6.16. The zero-order chi connectivity index (χ0) is 22.9. The molecule has 1 aliphatic heterocycles. The summed E-state index contributed by atoms with van der Waals surface area (Å²) in [6.07, 6.45) is -3.84. The van der Waals surface area contributed by atoms with Gasteiger partial charge in [-0.3, -0.25) is 14.5 Å². The monoisotopic (exact) mass is 441 g/mol. The van der Waals surface area contributed by atoms with E-state index in [1.807, 2.05) is 5.32 Å². The van der Waals surface area contributed by atoms with Gasteiger partial charge in [0.2, 0.25) is 0 Å². The maximum absolute atomic E-state index is 14.4. The number of nitrogens with one attached hydrogen (secondary N) is 1. The standard InChI is InChI=1S/C23H18F3N3O3/c1-15-7-5-10-17(13-15)20(30)28-22(23(24,25)26)21(31)29(14-18-11-6-12-32-18)19(27-22)16-8-3-2-4-9-16/h2-13H,14H2,1H3,(H,28,30). The summed E-state index contributed by atoms with van der Waals surface area (Å²) < 4.78 is 48.3. The summed E-state index contributed by atoms with van der Waals surface area (Å²) in [6, 6.07) is 17.1. The molecule has 1 aromatic heterocycles. The van der Waals surface area contributed by atoms with Gasteiger partial charge in [0.05, 0.1) is 12.8 Å². The van der Waals surface area contributed by atoms with Gasteiger partial charge in [-0.2, -0.15) is 13.2 Å². The lowest BCUT2D eigenvalue weighted by Gasteiger charge is -2.29. The molecule has 1 aliphatic rings. The van der Waals surface area contributed by atoms with Crippen LogP contribution in [0.25, 0.3) is 0 Å². The summed E-state index contributed by atoms with van der Waals surface area (Å²) in [5.74, 6) is -2.42. The van der Waals surface area contributed by atoms with Crippen LogP contribution in [0.15, 0.2) is 82.4 Å². The molecule has 0 fully saturated rings. The Kier molecular flexibility index (Phi) is 5.33. The molecule has 0 saturated heterocycles. The Balaban J connectivity index is 1.81. The summed E-state index contributed by atoms with van der Waals surface area (Å²) >= 11 is 0. The molecular weight excluding hydrogens is 423 g/mol. The zero-order valence-electron chi connectivity index (χ0n) is 16.9. The van der Waals surface area contributed by atoms with Crippen molar-refractivity contribution in [2.75, 3.05) is 0 Å². The fraction of sp³-hybridized carbons (Fsp3) is 0.174. The molecule has 6 nitrogen and oxygen atoms in total. The molecule has 0 aliphatic carbocycles. The van der Waals surface area contributed by atoms with Gasteiger partial charge < -0.3 is 9.73 Å². The van der Waals surface area contributed by atoms with Crippen molar-refractivity contribution in [3.63, 3.8) is 0 Å². The van der Waals surface area contributed by atoms with Crippen LogP contribution >= 0.6 is 0 Å². The van der Waals surface area contributed by atoms with Gasteiger partial charge in [-0.15, -0.1) is 0 Å². The fourth-order valence-electron chi connectivity index (χ4n) is 3.43. The first kappa shape index (κ1) is 21.4. The van der Waals surface area contributed by atoms with E-state index >= 15 is 0 Å². The molecule has 0 saturated carbocycles. The molecule has 0 radical (unpaired) electrons. The molecule has 9 heteroatoms. The van der Waals surface area contributed by atoms with Crippen LogP contribution in [0.5, 0.6) is 0 Å². The topological polar surface area (TPSA) is 74.9 Å². The summed E-state index contributed by atoms with van der Waals surface area (Å²) in [5.41, 5.74) is -2.50. The molecule has 0 bridgehead atoms. The number of rotatable bonds is 5. The number of carbonyl (C=O) groups is 2. The Morgan fingerprint density at radius 1 is 1.09 bits per heavy atom. The average molecular weight is 441 g/mol. The number of amides is 2. The normalized spacial score (nSPS) is 18.6. The number of nitrogens with zero attached hydrogens (tertiary/aromatic N) is 2. The lowest BCUT2D eigenvalue weighted by Crippen LogP contribution is -2.63. The van der Waals surface area contributed by atoms with Crippen molar-refractivity contribution >= 4 is 17.6 Å². The summed E-state index contributed by atoms with van der Waals surface area (Å²) in [6.45, 7) is 1.42. The third-order valence-corrected chi connectivity index (χ3v) is 4.99. The van der Waals surface area contributed by atoms with Crippen LogP contribution in [0.2, 0.25) is 0 Å². The Morgan fingerprint density at radius 2 is 1.84 bits per heavy atom. The molecule has 1 unspecified atom stereocenters. The predicted molar refractivity (Wildman–Crippen MR) is 110 cm³/mol. The molecule has 2 amide bonds. The number of aliphatic imine (C=N–C) groups is 1. The number of benzene rings is 2. The molecule has 0 spiro atoms. The summed E-state index contributed by atoms with van der Waals surface area (Å²) in [7, 11) is 0. The van der Waals surface area contributed by atoms with Gasteiger partial charge in [-0.25, -0.2) is 4.99 Å². The first-order chi connectivity index (χ1) is 15.2. The van der Waals surface area contributed by atoms with Crippen molar-refractivity contribution in [2.24, 2.45) is 4.99 Å². The van der Waals surface area contributed by atoms with Gasteiger partial charge >= 0.3 is 11.8 Å². The highest BCUT2D eigenvalue weighted by Crippen LogP contribution is 2.39. The lowest BCUT2D eigenvalue weighted by atomic mass is 10.1. The van der Waals surface area contributed by atoms with E-state index in [9.17, 15) is 22.8 Å². The average Bonchev–Trinajstić information content (AvgIpc) is 3.37. The first-order valence-corrected chi connectivity index (χ1v) is 9.67. The van der Waals surface area contributed by atoms with Gasteiger partial charge in [0.15, 0.2) is 0 Å². The van der Waals surface area contributed by atoms with Crippen LogP contribution < -0.4 is 5.32 Å². The SMILES string of the molecule is Cc1cccc(C(=O)NC2(C(F)(F)F)N=C(c3ccccc3)N(Cc3ccco3)C2=O)c1. The van der Waals surface area contributed by atoms with E-state index in [0.717, 1.165) is 4.90 Å². The largest absolute Gasteiger partial charge is 0.467 e. The fourth-order valence-corrected chi connectivity index (χ4v) is 3.43. The van der Waals surface area contributed by atoms with E-state index in [4.69, 9.17) is 4.42 Å². The van der Waals surface area contributed by atoms with E-state index in [2.05, 4.69) is 4.99 Å². The quantitative estimate of drug-likeness (QED) is 0.649. The maximum atomic E-state index is 14.4. The second-order valence-corrected chi connectivity index (χ2v) is 7.30. The summed E-state index contributed by atoms with van der Waals surface area (Å²) in [5, 5.41) is 1.86. The maximum Gasteiger partial charge on any atom is 0.442 e. The smallest absolute Gasteiger partial charge is 0.442 e. The molecule has 4 rings (SSSR count). The van der Waals surface area contributed by atoms with E-state index in [1.165, 1.54) is 36.6 Å². The molecule has 1 atom stereocenters. The van der Waals surface area contributed by atoms with Gasteiger partial charge in [0.1, 0.15) is 11.6 Å². The van der Waals surface area contributed by atoms with Crippen molar-refractivity contribution in [3.8, 4) is 0 Å². The van der Waals surface area contributed by atoms with Crippen molar-refractivity contribution < 1.29 is 27.2 Å². The molecule has 2 aromatic carbocycles. The van der Waals surface area contributed by atoms with E-state index in [0.29, 0.717) is 11.1 Å². The van der Waals surface area contributed by atoms with Crippen LogP contribution in [0.1, 0.15) is 27.2 Å². The van der Waals surface area contributed by atoms with E-state index < -0.39 is 23.7 Å². The van der Waals surface area contributed by atoms with Gasteiger partial charge in [0, 0.05) is 11.1 Å². The molecular formula is C23H18F3N3O3. The van der Waals surface area contributed by atoms with Gasteiger partial charge in [-0.1, -0.05) is 48.0 Å². The number of halogens is 3. The van der Waals surface area contributed by atoms with Crippen molar-refractivity contribution in [2.45, 2.75) is 25.3 Å². The number of aryl methyl sites for hydroxylation is 1. The second-order valence-electron chi connectivity index (χ2n) is 7.30. The lowest BCUT2D eigenvalue weighted by molar-refractivity contribution is -0.196. The minimum atomic E-state index is -5.19. The van der Waals surface area contributed by atoms with Gasteiger partial charge in [0.25, 0.3) is 11.8 Å². The van der Waals surface area contributed by atoms with Crippen molar-refractivity contribution in [1.82, 2.24) is 10.2 Å². The predicted octanol–water partition coefficient (Wildman–Crippen LogP) is 4.07. The number of hydrogen-bond acceptors (Lipinski definition) is 4. The third kappa shape index (κ3) is 3.77. The number of hydrogen-bond donors (Lipinski definition) is 1. The Bertz CT molecular complexity index is 1170. The first-order valence-electron chi connectivity index (χ1n) is 9.67.